The Morgan fingerprint density at radius 1 is 1.52 bits per heavy atom. The fraction of sp³-hybridized carbons (Fsp3) is 0.357. The Morgan fingerprint density at radius 3 is 3.00 bits per heavy atom. The number of nitrogens with zero attached hydrogens (tertiary/aromatic N) is 1. The van der Waals surface area contributed by atoms with Gasteiger partial charge in [-0.3, -0.25) is 14.5 Å². The third-order valence-corrected chi connectivity index (χ3v) is 3.43. The van der Waals surface area contributed by atoms with E-state index < -0.39 is 12.0 Å². The maximum Gasteiger partial charge on any atom is 0.325 e. The molecule has 1 aromatic rings. The van der Waals surface area contributed by atoms with E-state index in [9.17, 15) is 14.4 Å². The second-order valence-corrected chi connectivity index (χ2v) is 4.69. The average Bonchev–Trinajstić information content (AvgIpc) is 2.64. The van der Waals surface area contributed by atoms with Gasteiger partial charge in [-0.25, -0.2) is 0 Å². The highest BCUT2D eigenvalue weighted by atomic mass is 16.5. The molecule has 0 unspecified atom stereocenters. The largest absolute Gasteiger partial charge is 0.468 e. The van der Waals surface area contributed by atoms with Gasteiger partial charge in [0.05, 0.1) is 19.3 Å². The summed E-state index contributed by atoms with van der Waals surface area (Å²) in [4.78, 5) is 36.0. The number of nitrogens with one attached hydrogen (secondary N) is 1. The van der Waals surface area contributed by atoms with Crippen molar-refractivity contribution in [3.63, 3.8) is 0 Å². The lowest BCUT2D eigenvalue weighted by atomic mass is 9.94. The summed E-state index contributed by atoms with van der Waals surface area (Å²) in [5.74, 6) is -0.735. The van der Waals surface area contributed by atoms with Gasteiger partial charge in [-0.2, -0.15) is 0 Å². The molecule has 6 nitrogen and oxygen atoms in total. The topological polar surface area (TPSA) is 75.7 Å². The molecule has 7 heteroatoms. The number of ether oxygens (including phenoxy) is 1. The molecule has 0 saturated heterocycles. The predicted octanol–water partition coefficient (Wildman–Crippen LogP) is -0.0936. The van der Waals surface area contributed by atoms with Gasteiger partial charge in [0.1, 0.15) is 6.54 Å². The molecule has 1 N–H and O–H groups in total. The van der Waals surface area contributed by atoms with Crippen LogP contribution < -0.4 is 10.1 Å². The summed E-state index contributed by atoms with van der Waals surface area (Å²) in [6.45, 7) is -0.147. The molecule has 0 fully saturated rings. The number of aryl methyl sites for hydroxylation is 1. The average molecular weight is 287 g/mol. The van der Waals surface area contributed by atoms with E-state index in [1.54, 1.807) is 0 Å². The van der Waals surface area contributed by atoms with Crippen molar-refractivity contribution in [2.75, 3.05) is 18.6 Å². The normalized spacial score (nSPS) is 17.7. The van der Waals surface area contributed by atoms with Crippen LogP contribution in [0.5, 0.6) is 0 Å². The van der Waals surface area contributed by atoms with Crippen LogP contribution in [-0.4, -0.2) is 45.2 Å². The van der Waals surface area contributed by atoms with Crippen molar-refractivity contribution < 1.29 is 19.1 Å². The SMILES string of the molecule is COC(=O)CN1C(=O)[C@@H](N[B]C=O)CCc2ccccc21. The Morgan fingerprint density at radius 2 is 2.29 bits per heavy atom. The number of anilines is 1. The molecule has 109 valence electrons. The number of rotatable bonds is 5. The smallest absolute Gasteiger partial charge is 0.325 e. The molecular formula is C14H16BN2O4. The second kappa shape index (κ2) is 7.03. The second-order valence-electron chi connectivity index (χ2n) is 4.69. The van der Waals surface area contributed by atoms with Crippen molar-refractivity contribution in [3.05, 3.63) is 29.8 Å². The molecule has 0 bridgehead atoms. The summed E-state index contributed by atoms with van der Waals surface area (Å²) in [7, 11) is 2.49. The first-order valence-electron chi connectivity index (χ1n) is 6.66. The standard InChI is InChI=1S/C14H16BN2O4/c1-21-13(19)8-17-12-5-3-2-4-10(12)6-7-11(14(17)20)16-15-9-18/h2-5,9,11,16H,6-8H2,1H3/t11-/m0/s1. The summed E-state index contributed by atoms with van der Waals surface area (Å²) in [5, 5.41) is 2.78. The van der Waals surface area contributed by atoms with Gasteiger partial charge < -0.3 is 14.8 Å². The van der Waals surface area contributed by atoms with Crippen molar-refractivity contribution in [2.45, 2.75) is 18.9 Å². The maximum atomic E-state index is 12.6. The summed E-state index contributed by atoms with van der Waals surface area (Å²) in [6.07, 6.45) is 1.83. The molecular weight excluding hydrogens is 271 g/mol. The lowest BCUT2D eigenvalue weighted by Gasteiger charge is -2.24. The fourth-order valence-corrected chi connectivity index (χ4v) is 2.38. The number of hydrogen-bond acceptors (Lipinski definition) is 5. The van der Waals surface area contributed by atoms with Crippen LogP contribution in [0.2, 0.25) is 0 Å². The molecule has 1 atom stereocenters. The highest BCUT2D eigenvalue weighted by Crippen LogP contribution is 2.26. The first kappa shape index (κ1) is 15.2. The van der Waals surface area contributed by atoms with Gasteiger partial charge in [0.2, 0.25) is 5.91 Å². The molecule has 0 aliphatic carbocycles. The molecule has 2 rings (SSSR count). The van der Waals surface area contributed by atoms with Gasteiger partial charge >= 0.3 is 5.97 Å². The van der Waals surface area contributed by atoms with Gasteiger partial charge in [-0.15, -0.1) is 0 Å². The molecule has 1 aromatic carbocycles. The Hall–Kier alpha value is -2.15. The van der Waals surface area contributed by atoms with E-state index in [4.69, 9.17) is 0 Å². The Labute approximate surface area is 123 Å². The number of carbonyl (C=O) groups excluding carboxylic acids is 3. The number of amides is 1. The van der Waals surface area contributed by atoms with Crippen molar-refractivity contribution in [2.24, 2.45) is 0 Å². The summed E-state index contributed by atoms with van der Waals surface area (Å²) in [6, 6.07) is 6.92. The molecule has 0 aromatic heterocycles. The highest BCUT2D eigenvalue weighted by molar-refractivity contribution is 6.64. The number of para-hydroxylation sites is 1. The minimum absolute atomic E-state index is 0.147. The van der Waals surface area contributed by atoms with Gasteiger partial charge in [0, 0.05) is 5.69 Å². The Kier molecular flexibility index (Phi) is 5.11. The summed E-state index contributed by atoms with van der Waals surface area (Å²) in [5.41, 5.74) is 1.70. The van der Waals surface area contributed by atoms with Crippen LogP contribution in [0.25, 0.3) is 0 Å². The molecule has 1 aliphatic heterocycles. The number of fused-ring (bicyclic) bond motifs is 1. The number of benzene rings is 1. The summed E-state index contributed by atoms with van der Waals surface area (Å²) >= 11 is 0. The maximum absolute atomic E-state index is 12.6. The quantitative estimate of drug-likeness (QED) is 0.465. The molecule has 1 aliphatic rings. The van der Waals surface area contributed by atoms with E-state index >= 15 is 0 Å². The van der Waals surface area contributed by atoms with E-state index in [2.05, 4.69) is 9.96 Å². The van der Waals surface area contributed by atoms with Crippen LogP contribution >= 0.6 is 0 Å². The van der Waals surface area contributed by atoms with Crippen LogP contribution in [0.15, 0.2) is 24.3 Å². The van der Waals surface area contributed by atoms with E-state index in [1.807, 2.05) is 24.3 Å². The van der Waals surface area contributed by atoms with Crippen molar-refractivity contribution in [1.82, 2.24) is 5.23 Å². The zero-order valence-electron chi connectivity index (χ0n) is 11.7. The van der Waals surface area contributed by atoms with Crippen LogP contribution in [0.1, 0.15) is 12.0 Å². The van der Waals surface area contributed by atoms with E-state index in [-0.39, 0.29) is 12.5 Å². The minimum Gasteiger partial charge on any atom is -0.468 e. The third kappa shape index (κ3) is 3.49. The molecule has 21 heavy (non-hydrogen) atoms. The zero-order chi connectivity index (χ0) is 15.2. The van der Waals surface area contributed by atoms with Crippen LogP contribution in [0, 0.1) is 0 Å². The predicted molar refractivity (Wildman–Crippen MR) is 78.6 cm³/mol. The lowest BCUT2D eigenvalue weighted by Crippen LogP contribution is -2.49. The van der Waals surface area contributed by atoms with Crippen LogP contribution in [0.4, 0.5) is 5.69 Å². The van der Waals surface area contributed by atoms with E-state index in [1.165, 1.54) is 19.4 Å². The first-order chi connectivity index (χ1) is 10.2. The number of hydrogen-bond donors (Lipinski definition) is 1. The first-order valence-corrected chi connectivity index (χ1v) is 6.66. The number of esters is 1. The van der Waals surface area contributed by atoms with Crippen molar-refractivity contribution in [1.29, 1.82) is 0 Å². The molecule has 0 spiro atoms. The third-order valence-electron chi connectivity index (χ3n) is 3.43. The van der Waals surface area contributed by atoms with E-state index in [0.717, 1.165) is 5.56 Å². The Bertz CT molecular complexity index is 550. The number of carbonyl (C=O) groups is 3. The van der Waals surface area contributed by atoms with Crippen LogP contribution in [-0.2, 0) is 25.5 Å². The van der Waals surface area contributed by atoms with E-state index in [0.29, 0.717) is 24.7 Å². The highest BCUT2D eigenvalue weighted by Gasteiger charge is 2.31. The van der Waals surface area contributed by atoms with Crippen molar-refractivity contribution >= 4 is 31.2 Å². The lowest BCUT2D eigenvalue weighted by molar-refractivity contribution is -0.140. The summed E-state index contributed by atoms with van der Waals surface area (Å²) < 4.78 is 4.66. The van der Waals surface area contributed by atoms with Gasteiger partial charge in [-0.1, -0.05) is 18.2 Å². The van der Waals surface area contributed by atoms with Crippen molar-refractivity contribution in [3.8, 4) is 0 Å². The minimum atomic E-state index is -0.535. The van der Waals surface area contributed by atoms with Gasteiger partial charge in [0.25, 0.3) is 7.41 Å². The fourth-order valence-electron chi connectivity index (χ4n) is 2.38. The van der Waals surface area contributed by atoms with Crippen LogP contribution in [0.3, 0.4) is 0 Å². The molecule has 1 amide bonds. The van der Waals surface area contributed by atoms with Gasteiger partial charge in [0.15, 0.2) is 0 Å². The molecule has 1 radical (unpaired) electrons. The number of methoxy groups -OCH3 is 1. The molecule has 1 heterocycles. The zero-order valence-corrected chi connectivity index (χ0v) is 11.7. The molecule has 0 saturated carbocycles. The monoisotopic (exact) mass is 287 g/mol. The Balaban J connectivity index is 2.31. The van der Waals surface area contributed by atoms with Gasteiger partial charge in [-0.05, 0) is 24.5 Å².